The zero-order valence-corrected chi connectivity index (χ0v) is 42.2. The van der Waals surface area contributed by atoms with Gasteiger partial charge < -0.3 is 14.2 Å². The number of unbranched alkanes of at least 4 members (excludes halogenated alkanes) is 2. The summed E-state index contributed by atoms with van der Waals surface area (Å²) in [4.78, 5) is 12.9. The van der Waals surface area contributed by atoms with Gasteiger partial charge in [0.05, 0.1) is 6.61 Å². The van der Waals surface area contributed by atoms with Gasteiger partial charge in [0.2, 0.25) is 0 Å². The maximum Gasteiger partial charge on any atom is 0.460 e. The van der Waals surface area contributed by atoms with E-state index >= 15 is 0 Å². The standard InChI is InChI=1S/C55H67F15O4/c1-34(2)10-9-11-35(3)43-25-26-44-42-24-19-38-32-41(27-29-47(38,4)45(42)28-30-48(43,44)5)74-46(71)12-7-6-8-31-72-39-20-15-36(16-21-39)13-14-37-17-22-40(23-18-37)73-33-49(56,57)50(58,59)51(60,61)52(62,63)53(64,65)54(66,67)55(68,69)70/h13-23,34-35,41-45H,6-12,24-33H2,1-5H3/b14-13+/t35-,41+,42+,43-,44+,45+,47+,48-/m1/s1. The maximum absolute atomic E-state index is 14.2. The van der Waals surface area contributed by atoms with Gasteiger partial charge in [-0.1, -0.05) is 102 Å². The fourth-order valence-electron chi connectivity index (χ4n) is 12.5. The van der Waals surface area contributed by atoms with Crippen molar-refractivity contribution in [1.29, 1.82) is 0 Å². The van der Waals surface area contributed by atoms with Crippen LogP contribution in [0.1, 0.15) is 142 Å². The molecular weight excluding hydrogens is 1010 g/mol. The highest BCUT2D eigenvalue weighted by atomic mass is 19.4. The zero-order chi connectivity index (χ0) is 54.9. The normalized spacial score (nSPS) is 26.6. The Bertz CT molecular complexity index is 2260. The van der Waals surface area contributed by atoms with E-state index in [1.54, 1.807) is 30.3 Å². The van der Waals surface area contributed by atoms with Crippen LogP contribution >= 0.6 is 0 Å². The Morgan fingerprint density at radius 1 is 0.635 bits per heavy atom. The van der Waals surface area contributed by atoms with Crippen molar-refractivity contribution in [3.8, 4) is 11.5 Å². The van der Waals surface area contributed by atoms with Gasteiger partial charge in [0.25, 0.3) is 0 Å². The van der Waals surface area contributed by atoms with Gasteiger partial charge in [-0.2, -0.15) is 65.9 Å². The first-order valence-corrected chi connectivity index (χ1v) is 25.6. The lowest BCUT2D eigenvalue weighted by atomic mass is 9.47. The van der Waals surface area contributed by atoms with Gasteiger partial charge in [0, 0.05) is 12.8 Å². The zero-order valence-electron chi connectivity index (χ0n) is 42.2. The number of hydrogen-bond acceptors (Lipinski definition) is 4. The van der Waals surface area contributed by atoms with Crippen LogP contribution in [0.25, 0.3) is 12.2 Å². The number of carbonyl (C=O) groups excluding carboxylic acids is 1. The lowest BCUT2D eigenvalue weighted by molar-refractivity contribution is -0.453. The van der Waals surface area contributed by atoms with E-state index in [9.17, 15) is 70.7 Å². The molecule has 0 N–H and O–H groups in total. The fraction of sp³-hybridized carbons (Fsp3) is 0.691. The summed E-state index contributed by atoms with van der Waals surface area (Å²) in [6.45, 7) is 9.73. The number of halogens is 15. The van der Waals surface area contributed by atoms with Crippen LogP contribution in [-0.4, -0.2) is 67.0 Å². The summed E-state index contributed by atoms with van der Waals surface area (Å²) in [5.41, 5.74) is 3.09. The van der Waals surface area contributed by atoms with Gasteiger partial charge in [-0.15, -0.1) is 0 Å². The first kappa shape index (κ1) is 59.2. The smallest absolute Gasteiger partial charge is 0.460 e. The number of esters is 1. The number of alkyl halides is 15. The first-order valence-electron chi connectivity index (χ1n) is 25.6. The quantitative estimate of drug-likeness (QED) is 0.0366. The fourth-order valence-corrected chi connectivity index (χ4v) is 12.5. The van der Waals surface area contributed by atoms with Crippen molar-refractivity contribution in [2.75, 3.05) is 13.2 Å². The molecule has 0 bridgehead atoms. The molecule has 19 heteroatoms. The predicted molar refractivity (Wildman–Crippen MR) is 250 cm³/mol. The Hall–Kier alpha value is -4.06. The second kappa shape index (κ2) is 22.1. The summed E-state index contributed by atoms with van der Waals surface area (Å²) in [7, 11) is 0. The Kier molecular flexibility index (Phi) is 17.7. The van der Waals surface area contributed by atoms with Gasteiger partial charge in [-0.3, -0.25) is 4.79 Å². The topological polar surface area (TPSA) is 44.8 Å². The van der Waals surface area contributed by atoms with E-state index in [0.29, 0.717) is 54.1 Å². The molecule has 4 aliphatic carbocycles. The van der Waals surface area contributed by atoms with Gasteiger partial charge in [-0.25, -0.2) is 0 Å². The third-order valence-electron chi connectivity index (χ3n) is 16.9. The van der Waals surface area contributed by atoms with Gasteiger partial charge in [0.15, 0.2) is 6.61 Å². The summed E-state index contributed by atoms with van der Waals surface area (Å²) in [6, 6.07) is 10.8. The number of allylic oxidation sites excluding steroid dienone is 1. The molecule has 0 unspecified atom stereocenters. The third kappa shape index (κ3) is 11.6. The Morgan fingerprint density at radius 2 is 1.20 bits per heavy atom. The van der Waals surface area contributed by atoms with Gasteiger partial charge >= 0.3 is 47.7 Å². The highest BCUT2D eigenvalue weighted by Gasteiger charge is 2.93. The molecule has 416 valence electrons. The van der Waals surface area contributed by atoms with Crippen molar-refractivity contribution in [3.63, 3.8) is 0 Å². The van der Waals surface area contributed by atoms with E-state index in [2.05, 4.69) is 45.4 Å². The van der Waals surface area contributed by atoms with Crippen molar-refractivity contribution in [3.05, 3.63) is 71.3 Å². The summed E-state index contributed by atoms with van der Waals surface area (Å²) < 4.78 is 218. The highest BCUT2D eigenvalue weighted by Crippen LogP contribution is 2.68. The average molecular weight is 1080 g/mol. The minimum Gasteiger partial charge on any atom is -0.494 e. The van der Waals surface area contributed by atoms with Crippen molar-refractivity contribution in [1.82, 2.24) is 0 Å². The summed E-state index contributed by atoms with van der Waals surface area (Å²) in [5, 5.41) is 0. The number of benzene rings is 2. The summed E-state index contributed by atoms with van der Waals surface area (Å²) in [5.74, 6) is -42.8. The largest absolute Gasteiger partial charge is 0.494 e. The van der Waals surface area contributed by atoms with Crippen LogP contribution in [0.4, 0.5) is 65.9 Å². The monoisotopic (exact) mass is 1080 g/mol. The van der Waals surface area contributed by atoms with E-state index in [1.165, 1.54) is 56.6 Å². The third-order valence-corrected chi connectivity index (χ3v) is 16.9. The number of rotatable bonds is 23. The molecule has 3 saturated carbocycles. The number of hydrogen-bond donors (Lipinski definition) is 0. The van der Waals surface area contributed by atoms with Crippen LogP contribution in [-0.2, 0) is 9.53 Å². The number of fused-ring (bicyclic) bond motifs is 5. The second-order valence-electron chi connectivity index (χ2n) is 22.1. The molecular formula is C55H67F15O4. The van der Waals surface area contributed by atoms with Crippen LogP contribution in [0.3, 0.4) is 0 Å². The first-order chi connectivity index (χ1) is 34.2. The molecule has 0 aliphatic heterocycles. The molecule has 8 atom stereocenters. The minimum atomic E-state index is -8.35. The number of ether oxygens (including phenoxy) is 3. The lowest BCUT2D eigenvalue weighted by Crippen LogP contribution is -2.73. The Labute approximate surface area is 423 Å². The van der Waals surface area contributed by atoms with Crippen molar-refractivity contribution in [2.45, 2.75) is 179 Å². The van der Waals surface area contributed by atoms with Crippen molar-refractivity contribution < 1.29 is 84.9 Å². The minimum absolute atomic E-state index is 0.0935. The molecule has 3 fully saturated rings. The van der Waals surface area contributed by atoms with E-state index in [-0.39, 0.29) is 17.5 Å². The summed E-state index contributed by atoms with van der Waals surface area (Å²) >= 11 is 0. The molecule has 0 aromatic heterocycles. The maximum atomic E-state index is 14.2. The molecule has 0 saturated heterocycles. The molecule has 2 aromatic carbocycles. The lowest BCUT2D eigenvalue weighted by Gasteiger charge is -2.58. The van der Waals surface area contributed by atoms with E-state index in [1.807, 2.05) is 0 Å². The van der Waals surface area contributed by atoms with Gasteiger partial charge in [-0.05, 0) is 146 Å². The highest BCUT2D eigenvalue weighted by molar-refractivity contribution is 5.70. The van der Waals surface area contributed by atoms with Crippen molar-refractivity contribution in [2.24, 2.45) is 46.3 Å². The molecule has 0 radical (unpaired) electrons. The number of carbonyl (C=O) groups is 1. The van der Waals surface area contributed by atoms with E-state index < -0.39 is 54.1 Å². The second-order valence-corrected chi connectivity index (χ2v) is 22.1. The van der Waals surface area contributed by atoms with Crippen LogP contribution in [0.5, 0.6) is 11.5 Å². The molecule has 4 nitrogen and oxygen atoms in total. The molecule has 0 amide bonds. The van der Waals surface area contributed by atoms with Gasteiger partial charge in [0.1, 0.15) is 17.6 Å². The van der Waals surface area contributed by atoms with Crippen LogP contribution in [0.15, 0.2) is 60.2 Å². The van der Waals surface area contributed by atoms with Crippen molar-refractivity contribution >= 4 is 18.1 Å². The molecule has 2 aromatic rings. The SMILES string of the molecule is CC(C)CCC[C@@H](C)[C@H]1CC[C@H]2[C@@H]3CC=C4C[C@@H](OC(=O)CCCCCOc5ccc(/C=C/c6ccc(OCC(F)(F)C(F)(F)C(F)(F)C(F)(F)C(F)(F)C(F)(F)C(F)(F)F)cc6)cc5)CC[C@]4(C)[C@H]3CC[C@]12C. The van der Waals surface area contributed by atoms with Crippen LogP contribution < -0.4 is 9.47 Å². The Morgan fingerprint density at radius 3 is 1.78 bits per heavy atom. The van der Waals surface area contributed by atoms with Crippen LogP contribution in [0.2, 0.25) is 0 Å². The molecule has 0 spiro atoms. The van der Waals surface area contributed by atoms with E-state index in [4.69, 9.17) is 9.47 Å². The van der Waals surface area contributed by atoms with E-state index in [0.717, 1.165) is 86.0 Å². The molecule has 74 heavy (non-hydrogen) atoms. The molecule has 0 heterocycles. The molecule has 6 rings (SSSR count). The molecule has 4 aliphatic rings. The average Bonchev–Trinajstić information content (AvgIpc) is 3.68. The Balaban J connectivity index is 0.886. The van der Waals surface area contributed by atoms with Crippen LogP contribution in [0, 0.1) is 46.3 Å². The summed E-state index contributed by atoms with van der Waals surface area (Å²) in [6.07, 6.45) is 13.5. The predicted octanol–water partition coefficient (Wildman–Crippen LogP) is 17.5.